The number of unbranched alkanes of at least 4 members (excludes halogenated alkanes) is 1. The van der Waals surface area contributed by atoms with Gasteiger partial charge >= 0.3 is 0 Å². The number of aromatic nitrogens is 1. The molecule has 1 aromatic heterocycles. The fourth-order valence-electron chi connectivity index (χ4n) is 4.88. The summed E-state index contributed by atoms with van der Waals surface area (Å²) >= 11 is 0. The summed E-state index contributed by atoms with van der Waals surface area (Å²) < 4.78 is 8.22. The van der Waals surface area contributed by atoms with Gasteiger partial charge in [0.15, 0.2) is 0 Å². The van der Waals surface area contributed by atoms with Crippen LogP contribution in [0, 0.1) is 0 Å². The molecule has 150 valence electrons. The molecule has 2 aliphatic heterocycles. The monoisotopic (exact) mass is 387 g/mol. The molecule has 29 heavy (non-hydrogen) atoms. The molecule has 1 atom stereocenters. The summed E-state index contributed by atoms with van der Waals surface area (Å²) in [5.74, 6) is 0.968. The van der Waals surface area contributed by atoms with Crippen LogP contribution >= 0.6 is 0 Å². The van der Waals surface area contributed by atoms with Crippen molar-refractivity contribution in [2.24, 2.45) is 0 Å². The number of rotatable bonds is 6. The molecular weight excluding hydrogens is 358 g/mol. The van der Waals surface area contributed by atoms with Crippen LogP contribution in [0.25, 0.3) is 5.69 Å². The van der Waals surface area contributed by atoms with Crippen molar-refractivity contribution in [2.75, 3.05) is 31.6 Å². The Hall–Kier alpha value is -2.72. The lowest BCUT2D eigenvalue weighted by Gasteiger charge is -2.47. The zero-order valence-electron chi connectivity index (χ0n) is 16.9. The lowest BCUT2D eigenvalue weighted by molar-refractivity contribution is 0.151. The molecule has 1 unspecified atom stereocenters. The van der Waals surface area contributed by atoms with E-state index in [2.05, 4.69) is 57.4 Å². The van der Waals surface area contributed by atoms with E-state index in [1.165, 1.54) is 42.9 Å². The van der Waals surface area contributed by atoms with Gasteiger partial charge in [-0.15, -0.1) is 0 Å². The molecule has 3 aromatic rings. The van der Waals surface area contributed by atoms with E-state index in [1.807, 2.05) is 30.3 Å². The lowest BCUT2D eigenvalue weighted by Crippen LogP contribution is -2.53. The highest BCUT2D eigenvalue weighted by atomic mass is 16.5. The van der Waals surface area contributed by atoms with Gasteiger partial charge in [-0.2, -0.15) is 0 Å². The minimum atomic E-state index is 0.0106. The fourth-order valence-corrected chi connectivity index (χ4v) is 4.88. The highest BCUT2D eigenvalue weighted by Gasteiger charge is 2.41. The maximum atomic E-state index is 5.85. The zero-order chi connectivity index (χ0) is 19.5. The first-order valence-corrected chi connectivity index (χ1v) is 10.8. The Balaban J connectivity index is 1.21. The minimum absolute atomic E-state index is 0.0106. The highest BCUT2D eigenvalue weighted by Crippen LogP contribution is 2.42. The third-order valence-corrected chi connectivity index (χ3v) is 6.23. The average Bonchev–Trinajstić information content (AvgIpc) is 3.26. The number of para-hydroxylation sites is 3. The summed E-state index contributed by atoms with van der Waals surface area (Å²) in [5.41, 5.74) is 3.91. The SMILES string of the molecule is c1ccc(OCCCCN2CCCC3(C2)Nc2ccccc2-n2cccc23)cc1. The third-order valence-electron chi connectivity index (χ3n) is 6.23. The van der Waals surface area contributed by atoms with Gasteiger partial charge in [0.1, 0.15) is 5.75 Å². The predicted molar refractivity (Wildman–Crippen MR) is 118 cm³/mol. The molecule has 2 aliphatic rings. The number of ether oxygens (including phenoxy) is 1. The summed E-state index contributed by atoms with van der Waals surface area (Å²) in [5, 5.41) is 3.92. The van der Waals surface area contributed by atoms with Crippen molar-refractivity contribution in [3.05, 3.63) is 78.6 Å². The van der Waals surface area contributed by atoms with E-state index in [-0.39, 0.29) is 5.54 Å². The van der Waals surface area contributed by atoms with Crippen LogP contribution in [0.4, 0.5) is 5.69 Å². The number of hydrogen-bond acceptors (Lipinski definition) is 3. The van der Waals surface area contributed by atoms with Crippen molar-refractivity contribution in [1.29, 1.82) is 0 Å². The van der Waals surface area contributed by atoms with Gasteiger partial charge < -0.3 is 19.5 Å². The van der Waals surface area contributed by atoms with Gasteiger partial charge in [0, 0.05) is 18.4 Å². The molecule has 0 amide bonds. The van der Waals surface area contributed by atoms with E-state index in [4.69, 9.17) is 4.74 Å². The Morgan fingerprint density at radius 3 is 2.72 bits per heavy atom. The van der Waals surface area contributed by atoms with Crippen molar-refractivity contribution in [1.82, 2.24) is 9.47 Å². The molecule has 5 rings (SSSR count). The number of fused-ring (bicyclic) bond motifs is 4. The Bertz CT molecular complexity index is 951. The van der Waals surface area contributed by atoms with E-state index in [0.717, 1.165) is 31.9 Å². The molecule has 1 spiro atoms. The molecule has 3 heterocycles. The fraction of sp³-hybridized carbons (Fsp3) is 0.360. The van der Waals surface area contributed by atoms with Crippen LogP contribution in [0.5, 0.6) is 5.75 Å². The number of nitrogens with zero attached hydrogens (tertiary/aromatic N) is 2. The molecule has 0 bridgehead atoms. The van der Waals surface area contributed by atoms with Crippen LogP contribution in [0.3, 0.4) is 0 Å². The van der Waals surface area contributed by atoms with Crippen LogP contribution in [0.2, 0.25) is 0 Å². The van der Waals surface area contributed by atoms with Crippen LogP contribution < -0.4 is 10.1 Å². The van der Waals surface area contributed by atoms with Crippen molar-refractivity contribution in [2.45, 2.75) is 31.2 Å². The summed E-state index contributed by atoms with van der Waals surface area (Å²) in [6.07, 6.45) is 6.86. The predicted octanol–water partition coefficient (Wildman–Crippen LogP) is 5.05. The number of benzene rings is 2. The number of piperidine rings is 1. The number of likely N-dealkylation sites (tertiary alicyclic amines) is 1. The maximum absolute atomic E-state index is 5.85. The third kappa shape index (κ3) is 3.65. The second-order valence-corrected chi connectivity index (χ2v) is 8.24. The van der Waals surface area contributed by atoms with Crippen molar-refractivity contribution < 1.29 is 4.74 Å². The average molecular weight is 388 g/mol. The molecule has 1 fully saturated rings. The maximum Gasteiger partial charge on any atom is 0.119 e. The van der Waals surface area contributed by atoms with Gasteiger partial charge in [0.25, 0.3) is 0 Å². The molecule has 0 aliphatic carbocycles. The first-order chi connectivity index (χ1) is 14.3. The molecule has 0 saturated carbocycles. The zero-order valence-corrected chi connectivity index (χ0v) is 16.9. The number of nitrogens with one attached hydrogen (secondary N) is 1. The Kier molecular flexibility index (Phi) is 5.03. The highest BCUT2D eigenvalue weighted by molar-refractivity contribution is 5.67. The van der Waals surface area contributed by atoms with Crippen molar-refractivity contribution in [3.8, 4) is 11.4 Å². The minimum Gasteiger partial charge on any atom is -0.494 e. The van der Waals surface area contributed by atoms with Crippen LogP contribution in [-0.2, 0) is 5.54 Å². The molecular formula is C25H29N3O. The lowest BCUT2D eigenvalue weighted by atomic mass is 9.83. The van der Waals surface area contributed by atoms with Crippen LogP contribution in [0.15, 0.2) is 72.9 Å². The molecule has 4 nitrogen and oxygen atoms in total. The smallest absolute Gasteiger partial charge is 0.119 e. The van der Waals surface area contributed by atoms with Crippen LogP contribution in [-0.4, -0.2) is 35.7 Å². The summed E-state index contributed by atoms with van der Waals surface area (Å²) in [6, 6.07) is 23.2. The second kappa shape index (κ2) is 7.96. The summed E-state index contributed by atoms with van der Waals surface area (Å²) in [7, 11) is 0. The van der Waals surface area contributed by atoms with Gasteiger partial charge in [-0.05, 0) is 75.2 Å². The quantitative estimate of drug-likeness (QED) is 0.600. The summed E-state index contributed by atoms with van der Waals surface area (Å²) in [6.45, 7) is 4.16. The second-order valence-electron chi connectivity index (χ2n) is 8.24. The van der Waals surface area contributed by atoms with Gasteiger partial charge in [-0.3, -0.25) is 0 Å². The van der Waals surface area contributed by atoms with Crippen molar-refractivity contribution >= 4 is 5.69 Å². The van der Waals surface area contributed by atoms with Crippen LogP contribution in [0.1, 0.15) is 31.4 Å². The Morgan fingerprint density at radius 1 is 0.931 bits per heavy atom. The van der Waals surface area contributed by atoms with Gasteiger partial charge in [0.2, 0.25) is 0 Å². The Labute approximate surface area is 173 Å². The van der Waals surface area contributed by atoms with Gasteiger partial charge in [-0.1, -0.05) is 30.3 Å². The summed E-state index contributed by atoms with van der Waals surface area (Å²) in [4.78, 5) is 2.63. The molecule has 2 aromatic carbocycles. The Morgan fingerprint density at radius 2 is 1.79 bits per heavy atom. The van der Waals surface area contributed by atoms with E-state index in [9.17, 15) is 0 Å². The molecule has 1 N–H and O–H groups in total. The first-order valence-electron chi connectivity index (χ1n) is 10.8. The van der Waals surface area contributed by atoms with Gasteiger partial charge in [0.05, 0.1) is 23.5 Å². The van der Waals surface area contributed by atoms with Gasteiger partial charge in [-0.25, -0.2) is 0 Å². The normalized spacial score (nSPS) is 20.7. The van der Waals surface area contributed by atoms with E-state index >= 15 is 0 Å². The standard InChI is InChI=1S/C25H29N3O/c1-2-10-21(11-3-1)29-19-7-6-16-27-17-9-15-25(20-27)24-14-8-18-28(24)23-13-5-4-12-22(23)26-25/h1-5,8,10-14,18,26H,6-7,9,15-17,19-20H2. The topological polar surface area (TPSA) is 29.4 Å². The largest absolute Gasteiger partial charge is 0.494 e. The molecule has 0 radical (unpaired) electrons. The van der Waals surface area contributed by atoms with E-state index in [0.29, 0.717) is 0 Å². The number of anilines is 1. The van der Waals surface area contributed by atoms with E-state index in [1.54, 1.807) is 0 Å². The number of hydrogen-bond donors (Lipinski definition) is 1. The molecule has 1 saturated heterocycles. The first kappa shape index (κ1) is 18.3. The molecule has 4 heteroatoms. The van der Waals surface area contributed by atoms with E-state index < -0.39 is 0 Å². The van der Waals surface area contributed by atoms with Crippen molar-refractivity contribution in [3.63, 3.8) is 0 Å².